The summed E-state index contributed by atoms with van der Waals surface area (Å²) in [6, 6.07) is 0. The van der Waals surface area contributed by atoms with Crippen LogP contribution in [0.2, 0.25) is 0 Å². The van der Waals surface area contributed by atoms with Gasteiger partial charge in [-0.1, -0.05) is 0 Å². The number of halogens is 1. The van der Waals surface area contributed by atoms with Gasteiger partial charge in [-0.05, 0) is 29.8 Å². The summed E-state index contributed by atoms with van der Waals surface area (Å²) in [6.07, 6.45) is 0. The summed E-state index contributed by atoms with van der Waals surface area (Å²) in [7, 11) is 0. The molecule has 0 N–H and O–H groups in total. The zero-order chi connectivity index (χ0) is 12.5. The van der Waals surface area contributed by atoms with Crippen LogP contribution in [0.25, 0.3) is 0 Å². The van der Waals surface area contributed by atoms with E-state index >= 15 is 0 Å². The molecule has 0 saturated carbocycles. The first-order chi connectivity index (χ1) is 8.27. The van der Waals surface area contributed by atoms with E-state index in [0.29, 0.717) is 0 Å². The largest absolute Gasteiger partial charge is 0.380 e. The number of ether oxygens (including phenoxy) is 2. The van der Waals surface area contributed by atoms with E-state index in [2.05, 4.69) is 25.8 Å². The van der Waals surface area contributed by atoms with Crippen LogP contribution in [-0.2, 0) is 9.47 Å². The smallest absolute Gasteiger partial charge is 0.186 e. The van der Waals surface area contributed by atoms with E-state index in [0.717, 1.165) is 49.3 Å². The lowest BCUT2D eigenvalue weighted by Crippen LogP contribution is -2.31. The van der Waals surface area contributed by atoms with Gasteiger partial charge in [0.05, 0.1) is 13.2 Å². The second-order valence-electron chi connectivity index (χ2n) is 3.33. The molecule has 0 radical (unpaired) electrons. The Kier molecular flexibility index (Phi) is 7.75. The molecule has 17 heavy (non-hydrogen) atoms. The summed E-state index contributed by atoms with van der Waals surface area (Å²) in [6.45, 7) is 8.65. The molecule has 1 rings (SSSR count). The molecule has 0 fully saturated rings. The molecule has 1 heterocycles. The van der Waals surface area contributed by atoms with Crippen LogP contribution in [0.5, 0.6) is 0 Å². The minimum absolute atomic E-state index is 0.722. The molecule has 0 aliphatic carbocycles. The van der Waals surface area contributed by atoms with Crippen molar-refractivity contribution in [2.45, 2.75) is 13.8 Å². The van der Waals surface area contributed by atoms with Crippen molar-refractivity contribution in [3.05, 3.63) is 9.98 Å². The van der Waals surface area contributed by atoms with Crippen LogP contribution >= 0.6 is 27.3 Å². The molecule has 0 bridgehead atoms. The van der Waals surface area contributed by atoms with Gasteiger partial charge in [0.15, 0.2) is 5.13 Å². The van der Waals surface area contributed by atoms with E-state index in [-0.39, 0.29) is 0 Å². The predicted octanol–water partition coefficient (Wildman–Crippen LogP) is 2.79. The fraction of sp³-hybridized carbons (Fsp3) is 0.727. The molecule has 6 heteroatoms. The van der Waals surface area contributed by atoms with E-state index in [1.165, 1.54) is 0 Å². The molecule has 0 aromatic carbocycles. The Balaban J connectivity index is 2.46. The molecule has 0 unspecified atom stereocenters. The zero-order valence-corrected chi connectivity index (χ0v) is 12.7. The topological polar surface area (TPSA) is 34.6 Å². The van der Waals surface area contributed by atoms with Crippen molar-refractivity contribution >= 4 is 32.4 Å². The Morgan fingerprint density at radius 3 is 2.24 bits per heavy atom. The van der Waals surface area contributed by atoms with Crippen LogP contribution in [0.15, 0.2) is 9.98 Å². The molecule has 0 aliphatic heterocycles. The van der Waals surface area contributed by atoms with E-state index in [9.17, 15) is 0 Å². The number of anilines is 1. The summed E-state index contributed by atoms with van der Waals surface area (Å²) in [5.74, 6) is 0. The van der Waals surface area contributed by atoms with Crippen LogP contribution in [0, 0.1) is 0 Å². The van der Waals surface area contributed by atoms with Gasteiger partial charge < -0.3 is 14.4 Å². The first kappa shape index (κ1) is 14.9. The SMILES string of the molecule is CCOCCN(CCOCC)c1nc(Br)cs1. The average Bonchev–Trinajstić information content (AvgIpc) is 2.74. The zero-order valence-electron chi connectivity index (χ0n) is 10.3. The Morgan fingerprint density at radius 2 is 1.82 bits per heavy atom. The third kappa shape index (κ3) is 5.81. The lowest BCUT2D eigenvalue weighted by Gasteiger charge is -2.21. The summed E-state index contributed by atoms with van der Waals surface area (Å²) in [5.41, 5.74) is 0. The van der Waals surface area contributed by atoms with Crippen LogP contribution in [-0.4, -0.2) is 44.5 Å². The second kappa shape index (κ2) is 8.85. The Hall–Kier alpha value is -0.170. The molecular weight excluding hydrogens is 304 g/mol. The first-order valence-electron chi connectivity index (χ1n) is 5.79. The predicted molar refractivity (Wildman–Crippen MR) is 75.0 cm³/mol. The molecule has 0 amide bonds. The van der Waals surface area contributed by atoms with Crippen LogP contribution in [0.4, 0.5) is 5.13 Å². The minimum Gasteiger partial charge on any atom is -0.380 e. The van der Waals surface area contributed by atoms with Crippen molar-refractivity contribution in [3.8, 4) is 0 Å². The summed E-state index contributed by atoms with van der Waals surface area (Å²) >= 11 is 5.00. The monoisotopic (exact) mass is 322 g/mol. The molecular formula is C11H19BrN2O2S. The van der Waals surface area contributed by atoms with Crippen molar-refractivity contribution in [1.29, 1.82) is 0 Å². The summed E-state index contributed by atoms with van der Waals surface area (Å²) in [5, 5.41) is 3.00. The molecule has 0 saturated heterocycles. The highest BCUT2D eigenvalue weighted by atomic mass is 79.9. The van der Waals surface area contributed by atoms with Crippen LogP contribution < -0.4 is 4.90 Å². The fourth-order valence-electron chi connectivity index (χ4n) is 1.33. The molecule has 0 atom stereocenters. The Morgan fingerprint density at radius 1 is 1.24 bits per heavy atom. The maximum absolute atomic E-state index is 5.38. The minimum atomic E-state index is 0.722. The maximum atomic E-state index is 5.38. The third-order valence-corrected chi connectivity index (χ3v) is 3.76. The molecule has 0 spiro atoms. The highest BCUT2D eigenvalue weighted by Crippen LogP contribution is 2.23. The van der Waals surface area contributed by atoms with E-state index < -0.39 is 0 Å². The average molecular weight is 323 g/mol. The van der Waals surface area contributed by atoms with E-state index in [1.54, 1.807) is 11.3 Å². The molecule has 0 aliphatic rings. The number of hydrogen-bond donors (Lipinski definition) is 0. The number of aromatic nitrogens is 1. The van der Waals surface area contributed by atoms with Crippen molar-refractivity contribution in [2.75, 3.05) is 44.4 Å². The van der Waals surface area contributed by atoms with Gasteiger partial charge in [0, 0.05) is 31.7 Å². The summed E-state index contributed by atoms with van der Waals surface area (Å²) < 4.78 is 11.6. The van der Waals surface area contributed by atoms with Gasteiger partial charge in [-0.2, -0.15) is 0 Å². The van der Waals surface area contributed by atoms with Gasteiger partial charge in [0.1, 0.15) is 4.60 Å². The highest BCUT2D eigenvalue weighted by Gasteiger charge is 2.10. The van der Waals surface area contributed by atoms with Crippen molar-refractivity contribution in [1.82, 2.24) is 4.98 Å². The van der Waals surface area contributed by atoms with Crippen LogP contribution in [0.3, 0.4) is 0 Å². The van der Waals surface area contributed by atoms with Crippen molar-refractivity contribution in [2.24, 2.45) is 0 Å². The Bertz CT molecular complexity index is 299. The van der Waals surface area contributed by atoms with Gasteiger partial charge in [0.25, 0.3) is 0 Å². The van der Waals surface area contributed by atoms with Gasteiger partial charge in [-0.3, -0.25) is 0 Å². The third-order valence-electron chi connectivity index (χ3n) is 2.15. The van der Waals surface area contributed by atoms with E-state index in [1.807, 2.05) is 19.2 Å². The number of nitrogens with zero attached hydrogens (tertiary/aromatic N) is 2. The Labute approximate surface area is 115 Å². The summed E-state index contributed by atoms with van der Waals surface area (Å²) in [4.78, 5) is 6.61. The maximum Gasteiger partial charge on any atom is 0.186 e. The van der Waals surface area contributed by atoms with Gasteiger partial charge in [0.2, 0.25) is 0 Å². The van der Waals surface area contributed by atoms with E-state index in [4.69, 9.17) is 9.47 Å². The van der Waals surface area contributed by atoms with Crippen molar-refractivity contribution in [3.63, 3.8) is 0 Å². The molecule has 4 nitrogen and oxygen atoms in total. The van der Waals surface area contributed by atoms with Gasteiger partial charge in [-0.25, -0.2) is 4.98 Å². The first-order valence-corrected chi connectivity index (χ1v) is 7.46. The number of hydrogen-bond acceptors (Lipinski definition) is 5. The molecule has 1 aromatic rings. The highest BCUT2D eigenvalue weighted by molar-refractivity contribution is 9.10. The second-order valence-corrected chi connectivity index (χ2v) is 4.98. The van der Waals surface area contributed by atoms with Crippen molar-refractivity contribution < 1.29 is 9.47 Å². The molecule has 1 aromatic heterocycles. The van der Waals surface area contributed by atoms with Crippen LogP contribution in [0.1, 0.15) is 13.8 Å². The number of thiazole rings is 1. The standard InChI is InChI=1S/C11H19BrN2O2S/c1-3-15-7-5-14(6-8-16-4-2)11-13-10(12)9-17-11/h9H,3-8H2,1-2H3. The normalized spacial score (nSPS) is 10.8. The lowest BCUT2D eigenvalue weighted by atomic mass is 10.5. The lowest BCUT2D eigenvalue weighted by molar-refractivity contribution is 0.141. The van der Waals surface area contributed by atoms with Gasteiger partial charge in [-0.15, -0.1) is 11.3 Å². The number of rotatable bonds is 9. The van der Waals surface area contributed by atoms with Gasteiger partial charge >= 0.3 is 0 Å². The quantitative estimate of drug-likeness (QED) is 0.655. The molecule has 98 valence electrons. The fourth-order valence-corrected chi connectivity index (χ4v) is 2.64.